The Kier molecular flexibility index (Phi) is 4.36. The first-order valence-corrected chi connectivity index (χ1v) is 9.91. The van der Waals surface area contributed by atoms with Gasteiger partial charge in [0.25, 0.3) is 0 Å². The summed E-state index contributed by atoms with van der Waals surface area (Å²) < 4.78 is 7.09. The Balaban J connectivity index is 1.66. The molecule has 1 aliphatic heterocycles. The quantitative estimate of drug-likeness (QED) is 0.686. The molecule has 0 saturated heterocycles. The van der Waals surface area contributed by atoms with Gasteiger partial charge in [-0.05, 0) is 42.7 Å². The Morgan fingerprint density at radius 3 is 2.76 bits per heavy atom. The maximum Gasteiger partial charge on any atom is 0.226 e. The molecule has 1 unspecified atom stereocenters. The van der Waals surface area contributed by atoms with Gasteiger partial charge in [-0.25, -0.2) is 4.68 Å². The molecule has 146 valence electrons. The van der Waals surface area contributed by atoms with Crippen LogP contribution in [0.15, 0.2) is 59.8 Å². The Morgan fingerprint density at radius 1 is 1.17 bits per heavy atom. The molecule has 6 nitrogen and oxygen atoms in total. The monoisotopic (exact) mass is 406 g/mol. The molecule has 29 heavy (non-hydrogen) atoms. The number of nitrogens with one attached hydrogen (secondary N) is 1. The Morgan fingerprint density at radius 2 is 2.00 bits per heavy atom. The van der Waals surface area contributed by atoms with Crippen LogP contribution in [0.4, 0.5) is 5.95 Å². The fourth-order valence-electron chi connectivity index (χ4n) is 4.00. The number of rotatable bonds is 3. The van der Waals surface area contributed by atoms with Crippen LogP contribution in [0.25, 0.3) is 11.4 Å². The normalized spacial score (nSPS) is 18.1. The molecule has 0 amide bonds. The number of carbonyl (C=O) groups excluding carboxylic acids is 1. The second-order valence-electron chi connectivity index (χ2n) is 7.18. The van der Waals surface area contributed by atoms with Gasteiger partial charge in [0.2, 0.25) is 5.95 Å². The van der Waals surface area contributed by atoms with E-state index in [1.807, 2.05) is 48.5 Å². The van der Waals surface area contributed by atoms with Gasteiger partial charge in [-0.2, -0.15) is 4.98 Å². The van der Waals surface area contributed by atoms with Crippen molar-refractivity contribution in [2.24, 2.45) is 0 Å². The van der Waals surface area contributed by atoms with Gasteiger partial charge in [0, 0.05) is 28.3 Å². The number of nitrogens with zero attached hydrogens (tertiary/aromatic N) is 3. The molecule has 0 bridgehead atoms. The summed E-state index contributed by atoms with van der Waals surface area (Å²) in [5.41, 5.74) is 3.52. The number of halogens is 1. The highest BCUT2D eigenvalue weighted by atomic mass is 35.5. The Labute approximate surface area is 173 Å². The molecule has 0 radical (unpaired) electrons. The lowest BCUT2D eigenvalue weighted by molar-refractivity contribution is -0.116. The zero-order valence-corrected chi connectivity index (χ0v) is 16.6. The molecular formula is C22H19ClN4O2. The third kappa shape index (κ3) is 3.09. The lowest BCUT2D eigenvalue weighted by atomic mass is 9.85. The van der Waals surface area contributed by atoms with Crippen LogP contribution >= 0.6 is 11.6 Å². The first-order valence-electron chi connectivity index (χ1n) is 9.54. The molecule has 1 atom stereocenters. The van der Waals surface area contributed by atoms with Crippen molar-refractivity contribution < 1.29 is 9.53 Å². The molecule has 2 aliphatic rings. The molecular weight excluding hydrogens is 388 g/mol. The zero-order chi connectivity index (χ0) is 20.0. The lowest BCUT2D eigenvalue weighted by Gasteiger charge is -2.32. The van der Waals surface area contributed by atoms with E-state index >= 15 is 0 Å². The summed E-state index contributed by atoms with van der Waals surface area (Å²) in [6, 6.07) is 14.9. The largest absolute Gasteiger partial charge is 0.497 e. The number of ketones is 1. The molecule has 5 rings (SSSR count). The maximum absolute atomic E-state index is 12.9. The highest BCUT2D eigenvalue weighted by molar-refractivity contribution is 6.30. The molecule has 3 aromatic rings. The third-order valence-corrected chi connectivity index (χ3v) is 5.62. The van der Waals surface area contributed by atoms with Crippen LogP contribution in [0.3, 0.4) is 0 Å². The second kappa shape index (κ2) is 7.04. The molecule has 1 aromatic heterocycles. The van der Waals surface area contributed by atoms with Crippen molar-refractivity contribution in [3.05, 3.63) is 70.4 Å². The number of hydrogen-bond acceptors (Lipinski definition) is 5. The van der Waals surface area contributed by atoms with Crippen molar-refractivity contribution in [2.75, 3.05) is 12.4 Å². The van der Waals surface area contributed by atoms with Crippen molar-refractivity contribution in [2.45, 2.75) is 25.3 Å². The predicted octanol–water partition coefficient (Wildman–Crippen LogP) is 4.63. The third-order valence-electron chi connectivity index (χ3n) is 5.38. The topological polar surface area (TPSA) is 69.0 Å². The van der Waals surface area contributed by atoms with Crippen molar-refractivity contribution in [3.63, 3.8) is 0 Å². The van der Waals surface area contributed by atoms with Crippen LogP contribution in [0.2, 0.25) is 5.02 Å². The summed E-state index contributed by atoms with van der Waals surface area (Å²) in [7, 11) is 1.64. The summed E-state index contributed by atoms with van der Waals surface area (Å²) in [6.45, 7) is 0. The van der Waals surface area contributed by atoms with Gasteiger partial charge in [-0.3, -0.25) is 4.79 Å². The van der Waals surface area contributed by atoms with Crippen LogP contribution in [-0.4, -0.2) is 27.7 Å². The van der Waals surface area contributed by atoms with E-state index < -0.39 is 0 Å². The number of aromatic nitrogens is 3. The summed E-state index contributed by atoms with van der Waals surface area (Å²) >= 11 is 6.15. The number of methoxy groups -OCH3 is 1. The number of carbonyl (C=O) groups is 1. The molecule has 2 heterocycles. The molecule has 0 saturated carbocycles. The minimum Gasteiger partial charge on any atom is -0.497 e. The SMILES string of the molecule is COc1ccc(C2C3=C(CCCC3=O)Nc3nc(-c4cccc(Cl)c4)nn32)cc1. The minimum absolute atomic E-state index is 0.157. The van der Waals surface area contributed by atoms with Crippen LogP contribution in [0.1, 0.15) is 30.9 Å². The number of benzene rings is 2. The molecule has 1 N–H and O–H groups in total. The number of Topliss-reactive ketones (excluding diaryl/α,β-unsaturated/α-hetero) is 1. The van der Waals surface area contributed by atoms with Crippen molar-refractivity contribution >= 4 is 23.3 Å². The van der Waals surface area contributed by atoms with Crippen molar-refractivity contribution in [1.82, 2.24) is 14.8 Å². The smallest absolute Gasteiger partial charge is 0.226 e. The van der Waals surface area contributed by atoms with E-state index in [2.05, 4.69) is 5.32 Å². The second-order valence-corrected chi connectivity index (χ2v) is 7.62. The van der Waals surface area contributed by atoms with Gasteiger partial charge in [0.1, 0.15) is 11.8 Å². The molecule has 0 fully saturated rings. The van der Waals surface area contributed by atoms with Gasteiger partial charge in [-0.15, -0.1) is 5.10 Å². The highest BCUT2D eigenvalue weighted by Gasteiger charge is 2.36. The van der Waals surface area contributed by atoms with Crippen molar-refractivity contribution in [3.8, 4) is 17.1 Å². The van der Waals surface area contributed by atoms with Gasteiger partial charge >= 0.3 is 0 Å². The minimum atomic E-state index is -0.319. The Bertz CT molecular complexity index is 1130. The van der Waals surface area contributed by atoms with E-state index in [1.165, 1.54) is 0 Å². The average Bonchev–Trinajstić information content (AvgIpc) is 3.16. The highest BCUT2D eigenvalue weighted by Crippen LogP contribution is 2.41. The van der Waals surface area contributed by atoms with Gasteiger partial charge in [0.15, 0.2) is 11.6 Å². The van der Waals surface area contributed by atoms with Gasteiger partial charge in [0.05, 0.1) is 7.11 Å². The summed E-state index contributed by atoms with van der Waals surface area (Å²) in [6.07, 6.45) is 2.22. The standard InChI is InChI=1S/C22H19ClN4O2/c1-29-16-10-8-13(9-11-16)20-19-17(6-3-7-18(19)28)24-22-25-21(26-27(20)22)14-4-2-5-15(23)12-14/h2,4-5,8-12,20H,3,6-7H2,1H3,(H,24,25,26). The lowest BCUT2D eigenvalue weighted by Crippen LogP contribution is -2.31. The molecule has 7 heteroatoms. The number of ether oxygens (including phenoxy) is 1. The molecule has 0 spiro atoms. The van der Waals surface area contributed by atoms with Crippen LogP contribution in [0.5, 0.6) is 5.75 Å². The first kappa shape index (κ1) is 17.9. The van der Waals surface area contributed by atoms with Gasteiger partial charge < -0.3 is 10.1 Å². The van der Waals surface area contributed by atoms with Gasteiger partial charge in [-0.1, -0.05) is 35.9 Å². The average molecular weight is 407 g/mol. The number of fused-ring (bicyclic) bond motifs is 1. The van der Waals surface area contributed by atoms with Crippen LogP contribution in [0, 0.1) is 0 Å². The van der Waals surface area contributed by atoms with Crippen LogP contribution in [-0.2, 0) is 4.79 Å². The molecule has 2 aromatic carbocycles. The number of anilines is 1. The van der Waals surface area contributed by atoms with E-state index in [0.29, 0.717) is 23.2 Å². The number of hydrogen-bond donors (Lipinski definition) is 1. The van der Waals surface area contributed by atoms with Crippen LogP contribution < -0.4 is 10.1 Å². The van der Waals surface area contributed by atoms with E-state index in [-0.39, 0.29) is 11.8 Å². The van der Waals surface area contributed by atoms with E-state index in [0.717, 1.165) is 41.0 Å². The summed E-state index contributed by atoms with van der Waals surface area (Å²) in [5, 5.41) is 8.73. The summed E-state index contributed by atoms with van der Waals surface area (Å²) in [5.74, 6) is 2.13. The van der Waals surface area contributed by atoms with Crippen molar-refractivity contribution in [1.29, 1.82) is 0 Å². The van der Waals surface area contributed by atoms with E-state index in [1.54, 1.807) is 11.8 Å². The summed E-state index contributed by atoms with van der Waals surface area (Å²) in [4.78, 5) is 17.6. The molecule has 1 aliphatic carbocycles. The maximum atomic E-state index is 12.9. The van der Waals surface area contributed by atoms with E-state index in [4.69, 9.17) is 26.4 Å². The number of allylic oxidation sites excluding steroid dienone is 2. The zero-order valence-electron chi connectivity index (χ0n) is 15.9. The fourth-order valence-corrected chi connectivity index (χ4v) is 4.19. The Hall–Kier alpha value is -3.12. The first-order chi connectivity index (χ1) is 14.1. The fraction of sp³-hybridized carbons (Fsp3) is 0.227. The predicted molar refractivity (Wildman–Crippen MR) is 111 cm³/mol. The van der Waals surface area contributed by atoms with E-state index in [9.17, 15) is 4.79 Å².